The smallest absolute Gasteiger partial charge is 0.175 e. The van der Waals surface area contributed by atoms with E-state index in [-0.39, 0.29) is 42.0 Å². The van der Waals surface area contributed by atoms with Gasteiger partial charge in [-0.1, -0.05) is 19.1 Å². The van der Waals surface area contributed by atoms with Crippen LogP contribution in [0.5, 0.6) is 5.75 Å². The van der Waals surface area contributed by atoms with Gasteiger partial charge < -0.3 is 14.9 Å². The SMILES string of the molecule is CCCOc1cccc2c1C(=O)CC(CC1CC(O)=C(C(C)=O)C(=O)C1CO)C2. The zero-order valence-corrected chi connectivity index (χ0v) is 16.9. The molecule has 156 valence electrons. The van der Waals surface area contributed by atoms with Crippen LogP contribution in [0.25, 0.3) is 0 Å². The molecule has 0 saturated carbocycles. The molecular formula is C23H28O6. The van der Waals surface area contributed by atoms with E-state index < -0.39 is 17.5 Å². The van der Waals surface area contributed by atoms with Crippen molar-refractivity contribution in [3.05, 3.63) is 40.7 Å². The molecule has 2 aliphatic carbocycles. The average molecular weight is 400 g/mol. The first-order valence-electron chi connectivity index (χ1n) is 10.2. The Balaban J connectivity index is 1.79. The number of hydrogen-bond donors (Lipinski definition) is 2. The van der Waals surface area contributed by atoms with Gasteiger partial charge in [-0.05, 0) is 49.7 Å². The van der Waals surface area contributed by atoms with Crippen LogP contribution in [0.15, 0.2) is 29.5 Å². The minimum Gasteiger partial charge on any atom is -0.511 e. The van der Waals surface area contributed by atoms with E-state index in [1.807, 2.05) is 25.1 Å². The highest BCUT2D eigenvalue weighted by atomic mass is 16.5. The maximum atomic E-state index is 12.8. The zero-order chi connectivity index (χ0) is 21.1. The summed E-state index contributed by atoms with van der Waals surface area (Å²) in [5.41, 5.74) is 1.40. The van der Waals surface area contributed by atoms with Crippen molar-refractivity contribution < 1.29 is 29.3 Å². The van der Waals surface area contributed by atoms with Crippen LogP contribution in [0.3, 0.4) is 0 Å². The third-order valence-electron chi connectivity index (χ3n) is 5.92. The first kappa shape index (κ1) is 21.2. The van der Waals surface area contributed by atoms with E-state index in [2.05, 4.69) is 0 Å². The molecule has 0 saturated heterocycles. The molecule has 3 rings (SSSR count). The summed E-state index contributed by atoms with van der Waals surface area (Å²) < 4.78 is 5.74. The molecule has 0 radical (unpaired) electrons. The van der Waals surface area contributed by atoms with Crippen molar-refractivity contribution in [1.82, 2.24) is 0 Å². The summed E-state index contributed by atoms with van der Waals surface area (Å²) in [6.45, 7) is 3.43. The van der Waals surface area contributed by atoms with Crippen molar-refractivity contribution in [2.45, 2.75) is 46.0 Å². The van der Waals surface area contributed by atoms with E-state index in [0.29, 0.717) is 37.2 Å². The second kappa shape index (κ2) is 8.91. The fourth-order valence-electron chi connectivity index (χ4n) is 4.63. The van der Waals surface area contributed by atoms with Gasteiger partial charge in [-0.3, -0.25) is 14.4 Å². The predicted molar refractivity (Wildman–Crippen MR) is 107 cm³/mol. The van der Waals surface area contributed by atoms with Gasteiger partial charge in [0.2, 0.25) is 0 Å². The van der Waals surface area contributed by atoms with E-state index in [9.17, 15) is 24.6 Å². The summed E-state index contributed by atoms with van der Waals surface area (Å²) in [6, 6.07) is 5.63. The molecule has 0 aromatic heterocycles. The fraction of sp³-hybridized carbons (Fsp3) is 0.522. The molecule has 0 bridgehead atoms. The van der Waals surface area contributed by atoms with Gasteiger partial charge in [-0.15, -0.1) is 0 Å². The summed E-state index contributed by atoms with van der Waals surface area (Å²) in [6.07, 6.45) is 2.57. The summed E-state index contributed by atoms with van der Waals surface area (Å²) in [4.78, 5) is 37.1. The van der Waals surface area contributed by atoms with Gasteiger partial charge in [0.25, 0.3) is 0 Å². The van der Waals surface area contributed by atoms with Crippen molar-refractivity contribution in [1.29, 1.82) is 0 Å². The molecule has 3 atom stereocenters. The summed E-state index contributed by atoms with van der Waals surface area (Å²) in [7, 11) is 0. The lowest BCUT2D eigenvalue weighted by molar-refractivity contribution is -0.127. The molecule has 6 nitrogen and oxygen atoms in total. The highest BCUT2D eigenvalue weighted by Gasteiger charge is 2.40. The normalized spacial score (nSPS) is 24.4. The predicted octanol–water partition coefficient (Wildman–Crippen LogP) is 3.21. The minimum atomic E-state index is -0.722. The average Bonchev–Trinajstić information content (AvgIpc) is 2.65. The molecular weight excluding hydrogens is 372 g/mol. The van der Waals surface area contributed by atoms with Crippen LogP contribution in [0.1, 0.15) is 55.5 Å². The number of allylic oxidation sites excluding steroid dienone is 2. The lowest BCUT2D eigenvalue weighted by Gasteiger charge is -2.34. The molecule has 0 amide bonds. The monoisotopic (exact) mass is 400 g/mol. The first-order chi connectivity index (χ1) is 13.9. The lowest BCUT2D eigenvalue weighted by atomic mass is 9.70. The Labute approximate surface area is 170 Å². The standard InChI is InChI=1S/C23H28O6/c1-3-7-29-20-6-4-5-15-8-14(10-18(26)22(15)20)9-16-11-19(27)21(13(2)25)23(28)17(16)12-24/h4-6,14,16-17,24,27H,3,7-12H2,1-2H3. The third-order valence-corrected chi connectivity index (χ3v) is 5.92. The number of hydrogen-bond acceptors (Lipinski definition) is 6. The topological polar surface area (TPSA) is 101 Å². The van der Waals surface area contributed by atoms with Gasteiger partial charge in [0, 0.05) is 18.8 Å². The van der Waals surface area contributed by atoms with Crippen molar-refractivity contribution >= 4 is 17.3 Å². The highest BCUT2D eigenvalue weighted by molar-refractivity contribution is 6.21. The Bertz CT molecular complexity index is 853. The van der Waals surface area contributed by atoms with Crippen LogP contribution >= 0.6 is 0 Å². The molecule has 2 aliphatic rings. The number of carbonyl (C=O) groups excluding carboxylic acids is 3. The van der Waals surface area contributed by atoms with Crippen LogP contribution in [0, 0.1) is 17.8 Å². The fourth-order valence-corrected chi connectivity index (χ4v) is 4.63. The Morgan fingerprint density at radius 3 is 2.62 bits per heavy atom. The third kappa shape index (κ3) is 4.27. The van der Waals surface area contributed by atoms with Crippen molar-refractivity contribution in [3.8, 4) is 5.75 Å². The maximum absolute atomic E-state index is 12.8. The van der Waals surface area contributed by atoms with Gasteiger partial charge in [0.15, 0.2) is 17.3 Å². The minimum absolute atomic E-state index is 0.00922. The number of aliphatic hydroxyl groups excluding tert-OH is 2. The van der Waals surface area contributed by atoms with Crippen molar-refractivity contribution in [2.24, 2.45) is 17.8 Å². The van der Waals surface area contributed by atoms with Crippen molar-refractivity contribution in [3.63, 3.8) is 0 Å². The molecule has 3 unspecified atom stereocenters. The zero-order valence-electron chi connectivity index (χ0n) is 16.9. The van der Waals surface area contributed by atoms with Crippen LogP contribution in [0.4, 0.5) is 0 Å². The van der Waals surface area contributed by atoms with Crippen LogP contribution in [-0.4, -0.2) is 40.8 Å². The lowest BCUT2D eigenvalue weighted by Crippen LogP contribution is -2.37. The van der Waals surface area contributed by atoms with Gasteiger partial charge >= 0.3 is 0 Å². The molecule has 6 heteroatoms. The van der Waals surface area contributed by atoms with Crippen LogP contribution in [-0.2, 0) is 16.0 Å². The van der Waals surface area contributed by atoms with Gasteiger partial charge in [0.05, 0.1) is 24.4 Å². The Morgan fingerprint density at radius 1 is 1.21 bits per heavy atom. The number of benzene rings is 1. The quantitative estimate of drug-likeness (QED) is 0.682. The van der Waals surface area contributed by atoms with Crippen LogP contribution in [0.2, 0.25) is 0 Å². The Kier molecular flexibility index (Phi) is 6.52. The molecule has 0 fully saturated rings. The Hall–Kier alpha value is -2.47. The first-order valence-corrected chi connectivity index (χ1v) is 10.2. The summed E-state index contributed by atoms with van der Waals surface area (Å²) in [5, 5.41) is 20.0. The number of fused-ring (bicyclic) bond motifs is 1. The number of Topliss-reactive ketones (excluding diaryl/α,β-unsaturated/α-hetero) is 3. The van der Waals surface area contributed by atoms with Crippen LogP contribution < -0.4 is 4.74 Å². The van der Waals surface area contributed by atoms with E-state index in [1.165, 1.54) is 6.92 Å². The molecule has 29 heavy (non-hydrogen) atoms. The number of ether oxygens (including phenoxy) is 1. The van der Waals surface area contributed by atoms with E-state index in [4.69, 9.17) is 4.74 Å². The summed E-state index contributed by atoms with van der Waals surface area (Å²) >= 11 is 0. The molecule has 0 aliphatic heterocycles. The van der Waals surface area contributed by atoms with Gasteiger partial charge in [-0.25, -0.2) is 0 Å². The second-order valence-corrected chi connectivity index (χ2v) is 8.07. The maximum Gasteiger partial charge on any atom is 0.175 e. The Morgan fingerprint density at radius 2 is 1.97 bits per heavy atom. The van der Waals surface area contributed by atoms with E-state index >= 15 is 0 Å². The second-order valence-electron chi connectivity index (χ2n) is 8.07. The highest BCUT2D eigenvalue weighted by Crippen LogP contribution is 2.40. The molecule has 2 N–H and O–H groups in total. The number of carbonyl (C=O) groups is 3. The summed E-state index contributed by atoms with van der Waals surface area (Å²) in [5.74, 6) is -1.53. The molecule has 1 aromatic carbocycles. The number of rotatable bonds is 7. The van der Waals surface area contributed by atoms with E-state index in [0.717, 1.165) is 12.0 Å². The van der Waals surface area contributed by atoms with Crippen molar-refractivity contribution in [2.75, 3.05) is 13.2 Å². The molecule has 0 spiro atoms. The largest absolute Gasteiger partial charge is 0.511 e. The van der Waals surface area contributed by atoms with E-state index in [1.54, 1.807) is 0 Å². The molecule has 0 heterocycles. The number of aliphatic hydroxyl groups is 2. The number of ketones is 3. The van der Waals surface area contributed by atoms with Gasteiger partial charge in [-0.2, -0.15) is 0 Å². The van der Waals surface area contributed by atoms with Gasteiger partial charge in [0.1, 0.15) is 11.5 Å². The molecule has 1 aromatic rings.